The van der Waals surface area contributed by atoms with Gasteiger partial charge in [0, 0.05) is 16.9 Å². The van der Waals surface area contributed by atoms with Crippen molar-refractivity contribution in [3.8, 4) is 0 Å². The summed E-state index contributed by atoms with van der Waals surface area (Å²) in [6.45, 7) is 2.09. The number of aryl methyl sites for hydroxylation is 1. The van der Waals surface area contributed by atoms with Crippen LogP contribution < -0.4 is 15.5 Å². The quantitative estimate of drug-likeness (QED) is 0.310. The minimum Gasteiger partial charge on any atom is -0.350 e. The Morgan fingerprint density at radius 2 is 1.61 bits per heavy atom. The summed E-state index contributed by atoms with van der Waals surface area (Å²) in [5.41, 5.74) is 0.797. The van der Waals surface area contributed by atoms with Gasteiger partial charge >= 0.3 is 6.18 Å². The fourth-order valence-electron chi connectivity index (χ4n) is 3.90. The van der Waals surface area contributed by atoms with Gasteiger partial charge in [-0.2, -0.15) is 13.2 Å². The molecule has 10 heteroatoms. The third-order valence-corrected chi connectivity index (χ3v) is 6.23. The van der Waals surface area contributed by atoms with Crippen molar-refractivity contribution >= 4 is 46.4 Å². The number of amides is 3. The fourth-order valence-corrected chi connectivity index (χ4v) is 4.11. The van der Waals surface area contributed by atoms with E-state index in [2.05, 4.69) is 17.6 Å². The van der Waals surface area contributed by atoms with Gasteiger partial charge in [0.05, 0.1) is 11.3 Å². The highest BCUT2D eigenvalue weighted by Gasteiger charge is 2.39. The summed E-state index contributed by atoms with van der Waals surface area (Å²) in [5, 5.41) is 4.93. The molecule has 1 heterocycles. The molecule has 196 valence electrons. The second kappa shape index (κ2) is 11.1. The number of nitrogens with one attached hydrogen (secondary N) is 2. The monoisotopic (exact) mass is 541 g/mol. The molecule has 3 aromatic carbocycles. The molecule has 6 nitrogen and oxygen atoms in total. The van der Waals surface area contributed by atoms with Gasteiger partial charge in [-0.05, 0) is 66.9 Å². The van der Waals surface area contributed by atoms with Gasteiger partial charge in [0.25, 0.3) is 17.7 Å². The first-order valence-corrected chi connectivity index (χ1v) is 12.2. The van der Waals surface area contributed by atoms with Crippen LogP contribution in [0.25, 0.3) is 0 Å². The summed E-state index contributed by atoms with van der Waals surface area (Å²) in [4.78, 5) is 39.5. The van der Waals surface area contributed by atoms with Gasteiger partial charge in [-0.15, -0.1) is 0 Å². The van der Waals surface area contributed by atoms with E-state index >= 15 is 0 Å². The molecule has 2 N–H and O–H groups in total. The van der Waals surface area contributed by atoms with Crippen LogP contribution in [0.3, 0.4) is 0 Å². The smallest absolute Gasteiger partial charge is 0.350 e. The van der Waals surface area contributed by atoms with Gasteiger partial charge in [0.15, 0.2) is 0 Å². The lowest BCUT2D eigenvalue weighted by molar-refractivity contribution is -0.137. The number of anilines is 3. The topological polar surface area (TPSA) is 78.5 Å². The largest absolute Gasteiger partial charge is 0.416 e. The third-order valence-electron chi connectivity index (χ3n) is 5.88. The molecule has 0 atom stereocenters. The summed E-state index contributed by atoms with van der Waals surface area (Å²) in [6.07, 6.45) is -1.58. The molecular weight excluding hydrogens is 519 g/mol. The summed E-state index contributed by atoms with van der Waals surface area (Å²) in [7, 11) is 0. The van der Waals surface area contributed by atoms with Gasteiger partial charge in [0.2, 0.25) is 0 Å². The molecule has 0 fully saturated rings. The Balaban J connectivity index is 1.49. The number of unbranched alkanes of at least 4 members (excludes halogenated alkanes) is 1. The van der Waals surface area contributed by atoms with E-state index in [0.29, 0.717) is 5.69 Å². The van der Waals surface area contributed by atoms with Gasteiger partial charge in [-0.1, -0.05) is 49.2 Å². The summed E-state index contributed by atoms with van der Waals surface area (Å²) >= 11 is 6.21. The number of imide groups is 1. The highest BCUT2D eigenvalue weighted by atomic mass is 35.5. The van der Waals surface area contributed by atoms with Crippen molar-refractivity contribution in [1.29, 1.82) is 0 Å². The van der Waals surface area contributed by atoms with E-state index in [-0.39, 0.29) is 27.7 Å². The van der Waals surface area contributed by atoms with Crippen LogP contribution >= 0.6 is 11.6 Å². The van der Waals surface area contributed by atoms with Crippen molar-refractivity contribution in [2.24, 2.45) is 0 Å². The van der Waals surface area contributed by atoms with E-state index in [1.165, 1.54) is 30.3 Å². The maximum atomic E-state index is 13.1. The molecule has 0 bridgehead atoms. The molecule has 0 saturated heterocycles. The van der Waals surface area contributed by atoms with Crippen LogP contribution in [0.15, 0.2) is 83.5 Å². The predicted octanol–water partition coefficient (Wildman–Crippen LogP) is 6.74. The van der Waals surface area contributed by atoms with E-state index in [4.69, 9.17) is 11.6 Å². The van der Waals surface area contributed by atoms with Gasteiger partial charge < -0.3 is 10.6 Å². The first kappa shape index (κ1) is 26.9. The van der Waals surface area contributed by atoms with Crippen LogP contribution in [0.4, 0.5) is 30.2 Å². The first-order chi connectivity index (χ1) is 18.1. The molecule has 0 aromatic heterocycles. The molecule has 0 spiro atoms. The molecule has 0 saturated carbocycles. The summed E-state index contributed by atoms with van der Waals surface area (Å²) in [5.74, 6) is -1.99. The van der Waals surface area contributed by atoms with Crippen LogP contribution in [0.5, 0.6) is 0 Å². The van der Waals surface area contributed by atoms with E-state index in [1.54, 1.807) is 18.2 Å². The molecule has 38 heavy (non-hydrogen) atoms. The van der Waals surface area contributed by atoms with Crippen molar-refractivity contribution in [2.75, 3.05) is 15.5 Å². The van der Waals surface area contributed by atoms with Crippen LogP contribution in [0.2, 0.25) is 0 Å². The Morgan fingerprint density at radius 1 is 0.921 bits per heavy atom. The van der Waals surface area contributed by atoms with Crippen LogP contribution in [0, 0.1) is 0 Å². The average molecular weight is 542 g/mol. The van der Waals surface area contributed by atoms with Crippen molar-refractivity contribution in [3.63, 3.8) is 0 Å². The maximum Gasteiger partial charge on any atom is 0.416 e. The van der Waals surface area contributed by atoms with Crippen LogP contribution in [-0.4, -0.2) is 17.7 Å². The molecule has 0 unspecified atom stereocenters. The molecule has 1 aliphatic heterocycles. The van der Waals surface area contributed by atoms with Crippen LogP contribution in [-0.2, 0) is 22.2 Å². The zero-order valence-electron chi connectivity index (χ0n) is 20.2. The number of carbonyl (C=O) groups is 3. The Bertz CT molecular complexity index is 1420. The minimum atomic E-state index is -4.55. The lowest BCUT2D eigenvalue weighted by atomic mass is 10.1. The second-order valence-corrected chi connectivity index (χ2v) is 9.02. The highest BCUT2D eigenvalue weighted by molar-refractivity contribution is 6.53. The number of nitrogens with zero attached hydrogens (tertiary/aromatic N) is 1. The van der Waals surface area contributed by atoms with E-state index in [0.717, 1.165) is 41.9 Å². The molecule has 0 radical (unpaired) electrons. The molecule has 3 amide bonds. The Labute approximate surface area is 222 Å². The maximum absolute atomic E-state index is 13.1. The first-order valence-electron chi connectivity index (χ1n) is 11.8. The van der Waals surface area contributed by atoms with E-state index in [9.17, 15) is 27.6 Å². The van der Waals surface area contributed by atoms with Crippen molar-refractivity contribution in [2.45, 2.75) is 32.4 Å². The number of hydrogen-bond acceptors (Lipinski definition) is 4. The van der Waals surface area contributed by atoms with Crippen LogP contribution in [0.1, 0.15) is 41.3 Å². The highest BCUT2D eigenvalue weighted by Crippen LogP contribution is 2.32. The molecule has 1 aliphatic rings. The predicted molar refractivity (Wildman–Crippen MR) is 140 cm³/mol. The number of hydrogen-bond donors (Lipinski definition) is 2. The average Bonchev–Trinajstić information content (AvgIpc) is 3.10. The zero-order valence-corrected chi connectivity index (χ0v) is 21.0. The summed E-state index contributed by atoms with van der Waals surface area (Å²) in [6, 6.07) is 17.3. The van der Waals surface area contributed by atoms with Crippen molar-refractivity contribution in [1.82, 2.24) is 0 Å². The van der Waals surface area contributed by atoms with Gasteiger partial charge in [0.1, 0.15) is 10.7 Å². The van der Waals surface area contributed by atoms with Gasteiger partial charge in [-0.25, -0.2) is 4.90 Å². The summed E-state index contributed by atoms with van der Waals surface area (Å²) < 4.78 is 38.9. The Kier molecular flexibility index (Phi) is 7.87. The normalized spacial score (nSPS) is 13.8. The lowest BCUT2D eigenvalue weighted by Crippen LogP contribution is -2.32. The van der Waals surface area contributed by atoms with E-state index in [1.807, 2.05) is 12.1 Å². The SMILES string of the molecule is CCCCc1ccc(N2C(=O)C(Cl)=C(Nc3cccc(C(=O)Nc4cccc(C(F)(F)F)c4)c3)C2=O)cc1. The molecule has 3 aromatic rings. The van der Waals surface area contributed by atoms with Crippen molar-refractivity contribution < 1.29 is 27.6 Å². The fraction of sp³-hybridized carbons (Fsp3) is 0.179. The van der Waals surface area contributed by atoms with Crippen molar-refractivity contribution in [3.05, 3.63) is 100 Å². The number of rotatable bonds is 8. The number of halogens is 4. The number of benzene rings is 3. The molecular formula is C28H23ClF3N3O3. The van der Waals surface area contributed by atoms with E-state index < -0.39 is 29.5 Å². The minimum absolute atomic E-state index is 0.0261. The Hall–Kier alpha value is -4.11. The van der Waals surface area contributed by atoms with Gasteiger partial charge in [-0.3, -0.25) is 14.4 Å². The molecule has 0 aliphatic carbocycles. The third kappa shape index (κ3) is 5.89. The number of alkyl halides is 3. The standard InChI is InChI=1S/C28H23ClF3N3O3/c1-2-3-6-17-11-13-22(14-12-17)35-26(37)23(29)24(27(35)38)33-20-9-4-7-18(15-20)25(36)34-21-10-5-8-19(16-21)28(30,31)32/h4-5,7-16,33H,2-3,6H2,1H3,(H,34,36). The zero-order chi connectivity index (χ0) is 27.4. The number of carbonyl (C=O) groups excluding carboxylic acids is 3. The Morgan fingerprint density at radius 3 is 2.29 bits per heavy atom. The lowest BCUT2D eigenvalue weighted by Gasteiger charge is -2.16. The molecule has 4 rings (SSSR count). The second-order valence-electron chi connectivity index (χ2n) is 8.64.